The number of nitrogens with zero attached hydrogens (tertiary/aromatic N) is 1. The van der Waals surface area contributed by atoms with E-state index in [4.69, 9.17) is 0 Å². The number of nitrogens with one attached hydrogen (secondary N) is 3. The van der Waals surface area contributed by atoms with E-state index in [-0.39, 0.29) is 48.2 Å². The maximum atomic E-state index is 13.6. The zero-order chi connectivity index (χ0) is 21.2. The van der Waals surface area contributed by atoms with Gasteiger partial charge in [0.05, 0.1) is 12.3 Å². The van der Waals surface area contributed by atoms with E-state index in [9.17, 15) is 17.6 Å². The molecule has 1 atom stereocenters. The lowest BCUT2D eigenvalue weighted by Crippen LogP contribution is -2.40. The molecule has 0 saturated heterocycles. The molecule has 0 bridgehead atoms. The molecule has 0 radical (unpaired) electrons. The van der Waals surface area contributed by atoms with Crippen LogP contribution in [0.4, 0.5) is 4.39 Å². The van der Waals surface area contributed by atoms with Crippen molar-refractivity contribution in [3.63, 3.8) is 0 Å². The maximum Gasteiger partial charge on any atom is 0.221 e. The standard InChI is InChI=1S/C19H31FN4O3S.HI/c1-5-14(3)24-18(25)9-10-22-19(21-6-2)23-12-16-11-17(20)8-7-15(16)13-28(4,26)27;/h7-8,11,14H,5-6,9-10,12-13H2,1-4H3,(H,24,25)(H2,21,22,23);1H. The lowest BCUT2D eigenvalue weighted by molar-refractivity contribution is -0.121. The van der Waals surface area contributed by atoms with Crippen LogP contribution in [0.1, 0.15) is 44.7 Å². The second-order valence-corrected chi connectivity index (χ2v) is 8.87. The van der Waals surface area contributed by atoms with E-state index in [1.54, 1.807) is 0 Å². The van der Waals surface area contributed by atoms with Gasteiger partial charge >= 0.3 is 0 Å². The van der Waals surface area contributed by atoms with E-state index in [1.807, 2.05) is 20.8 Å². The molecular weight excluding hydrogens is 510 g/mol. The van der Waals surface area contributed by atoms with Crippen LogP contribution in [0.2, 0.25) is 0 Å². The Morgan fingerprint density at radius 3 is 2.48 bits per heavy atom. The zero-order valence-corrected chi connectivity index (χ0v) is 20.6. The Labute approximate surface area is 190 Å². The first-order valence-corrected chi connectivity index (χ1v) is 11.5. The third-order valence-electron chi connectivity index (χ3n) is 4.00. The van der Waals surface area contributed by atoms with Gasteiger partial charge in [-0.05, 0) is 43.5 Å². The van der Waals surface area contributed by atoms with Gasteiger partial charge in [-0.3, -0.25) is 4.79 Å². The first-order chi connectivity index (χ1) is 13.1. The molecule has 1 amide bonds. The minimum Gasteiger partial charge on any atom is -0.357 e. The summed E-state index contributed by atoms with van der Waals surface area (Å²) in [6.07, 6.45) is 2.31. The Bertz CT molecular complexity index is 788. The monoisotopic (exact) mass is 542 g/mol. The number of carbonyl (C=O) groups is 1. The molecule has 3 N–H and O–H groups in total. The van der Waals surface area contributed by atoms with Gasteiger partial charge in [0, 0.05) is 31.8 Å². The molecule has 0 aliphatic heterocycles. The fourth-order valence-electron chi connectivity index (χ4n) is 2.41. The second kappa shape index (κ2) is 13.7. The third kappa shape index (κ3) is 12.0. The summed E-state index contributed by atoms with van der Waals surface area (Å²) < 4.78 is 36.8. The Morgan fingerprint density at radius 2 is 1.90 bits per heavy atom. The minimum absolute atomic E-state index is 0. The molecule has 0 aromatic heterocycles. The van der Waals surface area contributed by atoms with Gasteiger partial charge in [-0.2, -0.15) is 0 Å². The largest absolute Gasteiger partial charge is 0.357 e. The van der Waals surface area contributed by atoms with Crippen LogP contribution in [0.3, 0.4) is 0 Å². The molecule has 0 spiro atoms. The molecule has 1 aromatic carbocycles. The van der Waals surface area contributed by atoms with E-state index in [0.29, 0.717) is 36.6 Å². The predicted octanol–water partition coefficient (Wildman–Crippen LogP) is 2.35. The maximum absolute atomic E-state index is 13.6. The Hall–Kier alpha value is -1.43. The molecule has 0 saturated carbocycles. The molecule has 166 valence electrons. The van der Waals surface area contributed by atoms with E-state index in [2.05, 4.69) is 20.9 Å². The highest BCUT2D eigenvalue weighted by Gasteiger charge is 2.11. The van der Waals surface area contributed by atoms with Crippen molar-refractivity contribution in [1.82, 2.24) is 16.0 Å². The summed E-state index contributed by atoms with van der Waals surface area (Å²) in [5.74, 6) is -0.175. The lowest BCUT2D eigenvalue weighted by Gasteiger charge is -2.14. The number of carbonyl (C=O) groups excluding carboxylic acids is 1. The van der Waals surface area contributed by atoms with Crippen molar-refractivity contribution in [2.24, 2.45) is 4.99 Å². The Balaban J connectivity index is 0.00000784. The van der Waals surface area contributed by atoms with Crippen LogP contribution in [0.15, 0.2) is 23.2 Å². The van der Waals surface area contributed by atoms with Crippen molar-refractivity contribution in [3.05, 3.63) is 35.1 Å². The fourth-order valence-corrected chi connectivity index (χ4v) is 3.26. The van der Waals surface area contributed by atoms with Gasteiger partial charge < -0.3 is 16.0 Å². The smallest absolute Gasteiger partial charge is 0.221 e. The number of amides is 1. The normalized spacial score (nSPS) is 12.7. The fraction of sp³-hybridized carbons (Fsp3) is 0.579. The SMILES string of the molecule is CCNC(=NCc1cc(F)ccc1CS(C)(=O)=O)NCCC(=O)NC(C)CC.I. The molecule has 0 aliphatic rings. The summed E-state index contributed by atoms with van der Waals surface area (Å²) in [7, 11) is -3.24. The number of aliphatic imine (C=N–C) groups is 1. The van der Waals surface area contributed by atoms with Crippen LogP contribution >= 0.6 is 24.0 Å². The third-order valence-corrected chi connectivity index (χ3v) is 4.84. The van der Waals surface area contributed by atoms with Gasteiger partial charge in [0.1, 0.15) is 5.82 Å². The van der Waals surface area contributed by atoms with Crippen LogP contribution in [-0.2, 0) is 26.9 Å². The van der Waals surface area contributed by atoms with E-state index in [0.717, 1.165) is 12.7 Å². The van der Waals surface area contributed by atoms with Gasteiger partial charge in [0.2, 0.25) is 5.91 Å². The Morgan fingerprint density at radius 1 is 1.21 bits per heavy atom. The van der Waals surface area contributed by atoms with Crippen LogP contribution in [-0.4, -0.2) is 45.7 Å². The Kier molecular flexibility index (Phi) is 13.1. The van der Waals surface area contributed by atoms with E-state index < -0.39 is 15.7 Å². The highest BCUT2D eigenvalue weighted by molar-refractivity contribution is 14.0. The summed E-state index contributed by atoms with van der Waals surface area (Å²) in [4.78, 5) is 16.2. The average Bonchev–Trinajstić information content (AvgIpc) is 2.60. The zero-order valence-electron chi connectivity index (χ0n) is 17.4. The molecular formula is C19H32FIN4O3S. The molecule has 1 aromatic rings. The van der Waals surface area contributed by atoms with Crippen molar-refractivity contribution in [3.8, 4) is 0 Å². The lowest BCUT2D eigenvalue weighted by atomic mass is 10.1. The average molecular weight is 542 g/mol. The molecule has 7 nitrogen and oxygen atoms in total. The number of benzene rings is 1. The summed E-state index contributed by atoms with van der Waals surface area (Å²) in [6.45, 7) is 6.99. The highest BCUT2D eigenvalue weighted by Crippen LogP contribution is 2.15. The number of halogens is 2. The van der Waals surface area contributed by atoms with Crippen molar-refractivity contribution in [1.29, 1.82) is 0 Å². The number of sulfone groups is 1. The number of hydrogen-bond acceptors (Lipinski definition) is 4. The molecule has 1 rings (SSSR count). The van der Waals surface area contributed by atoms with Crippen LogP contribution < -0.4 is 16.0 Å². The molecule has 1 unspecified atom stereocenters. The summed E-state index contributed by atoms with van der Waals surface area (Å²) in [5, 5.41) is 9.01. The van der Waals surface area contributed by atoms with Gasteiger partial charge in [0.15, 0.2) is 15.8 Å². The van der Waals surface area contributed by atoms with E-state index >= 15 is 0 Å². The van der Waals surface area contributed by atoms with Gasteiger partial charge in [-0.15, -0.1) is 24.0 Å². The number of hydrogen-bond donors (Lipinski definition) is 3. The van der Waals surface area contributed by atoms with Crippen molar-refractivity contribution >= 4 is 45.7 Å². The second-order valence-electron chi connectivity index (χ2n) is 6.73. The predicted molar refractivity (Wildman–Crippen MR) is 126 cm³/mol. The first-order valence-electron chi connectivity index (χ1n) is 9.41. The van der Waals surface area contributed by atoms with Crippen LogP contribution in [0.25, 0.3) is 0 Å². The number of guanidine groups is 1. The summed E-state index contributed by atoms with van der Waals surface area (Å²) >= 11 is 0. The quantitative estimate of drug-likeness (QED) is 0.240. The van der Waals surface area contributed by atoms with Gasteiger partial charge in [-0.25, -0.2) is 17.8 Å². The molecule has 0 fully saturated rings. The number of rotatable bonds is 10. The molecule has 29 heavy (non-hydrogen) atoms. The summed E-state index contributed by atoms with van der Waals surface area (Å²) in [6, 6.07) is 4.15. The highest BCUT2D eigenvalue weighted by atomic mass is 127. The molecule has 10 heteroatoms. The van der Waals surface area contributed by atoms with Crippen molar-refractivity contribution < 1.29 is 17.6 Å². The van der Waals surface area contributed by atoms with Crippen LogP contribution in [0, 0.1) is 5.82 Å². The molecule has 0 aliphatic carbocycles. The van der Waals surface area contributed by atoms with Gasteiger partial charge in [0.25, 0.3) is 0 Å². The molecule has 0 heterocycles. The van der Waals surface area contributed by atoms with E-state index in [1.165, 1.54) is 18.2 Å². The van der Waals surface area contributed by atoms with Crippen LogP contribution in [0.5, 0.6) is 0 Å². The first kappa shape index (κ1) is 27.6. The topological polar surface area (TPSA) is 99.7 Å². The van der Waals surface area contributed by atoms with Crippen molar-refractivity contribution in [2.45, 2.75) is 52.0 Å². The minimum atomic E-state index is -3.24. The van der Waals surface area contributed by atoms with Crippen molar-refractivity contribution in [2.75, 3.05) is 19.3 Å². The van der Waals surface area contributed by atoms with Gasteiger partial charge in [-0.1, -0.05) is 13.0 Å². The summed E-state index contributed by atoms with van der Waals surface area (Å²) in [5.41, 5.74) is 1.04.